The number of carbonyl (C=O) groups excluding carboxylic acids is 1. The predicted octanol–water partition coefficient (Wildman–Crippen LogP) is 2.19. The Hall–Kier alpha value is -2.64. The van der Waals surface area contributed by atoms with E-state index in [9.17, 15) is 15.0 Å². The highest BCUT2D eigenvalue weighted by Gasteiger charge is 2.23. The van der Waals surface area contributed by atoms with Gasteiger partial charge in [-0.05, 0) is 31.0 Å². The third kappa shape index (κ3) is 6.02. The summed E-state index contributed by atoms with van der Waals surface area (Å²) < 4.78 is 10.6. The van der Waals surface area contributed by atoms with Crippen molar-refractivity contribution in [2.45, 2.75) is 38.7 Å². The van der Waals surface area contributed by atoms with Gasteiger partial charge >= 0.3 is 6.09 Å². The minimum atomic E-state index is -1.14. The number of alkyl carbamates (subject to hydrolysis) is 1. The number of hydrogen-bond donors (Lipinski definition) is 3. The van der Waals surface area contributed by atoms with E-state index < -0.39 is 24.8 Å². The van der Waals surface area contributed by atoms with Gasteiger partial charge < -0.3 is 25.0 Å². The molecule has 1 unspecified atom stereocenters. The van der Waals surface area contributed by atoms with Crippen molar-refractivity contribution in [3.8, 4) is 5.88 Å². The highest BCUT2D eigenvalue weighted by molar-refractivity contribution is 5.67. The van der Waals surface area contributed by atoms with Crippen LogP contribution in [0.2, 0.25) is 0 Å². The Morgan fingerprint density at radius 1 is 1.23 bits per heavy atom. The fourth-order valence-electron chi connectivity index (χ4n) is 2.29. The minimum absolute atomic E-state index is 0.0605. The number of aliphatic hydroxyl groups is 2. The molecule has 0 saturated heterocycles. The molecule has 0 saturated carbocycles. The first-order chi connectivity index (χ1) is 12.5. The second-order valence-electron chi connectivity index (χ2n) is 6.03. The molecule has 1 aromatic heterocycles. The fraction of sp³-hybridized carbons (Fsp3) is 0.368. The van der Waals surface area contributed by atoms with E-state index >= 15 is 0 Å². The summed E-state index contributed by atoms with van der Waals surface area (Å²) in [6, 6.07) is 11.5. The van der Waals surface area contributed by atoms with Crippen molar-refractivity contribution in [1.82, 2.24) is 10.3 Å². The number of ether oxygens (including phenoxy) is 2. The fourth-order valence-corrected chi connectivity index (χ4v) is 2.29. The van der Waals surface area contributed by atoms with Crippen molar-refractivity contribution in [2.24, 2.45) is 0 Å². The summed E-state index contributed by atoms with van der Waals surface area (Å²) in [5.41, 5.74) is 1.31. The first kappa shape index (κ1) is 19.7. The molecule has 140 valence electrons. The SMILES string of the molecule is CC(C)Oc1cc(C(O)[C@@H](CO)NC(=O)OCc2ccccc2)ccn1. The lowest BCUT2D eigenvalue weighted by molar-refractivity contribution is 0.0760. The van der Waals surface area contributed by atoms with Gasteiger partial charge in [0, 0.05) is 12.3 Å². The van der Waals surface area contributed by atoms with Crippen LogP contribution in [0, 0.1) is 0 Å². The molecule has 7 heteroatoms. The zero-order valence-corrected chi connectivity index (χ0v) is 14.8. The van der Waals surface area contributed by atoms with E-state index in [0.717, 1.165) is 5.56 Å². The first-order valence-electron chi connectivity index (χ1n) is 8.38. The molecule has 0 aliphatic heterocycles. The van der Waals surface area contributed by atoms with Crippen LogP contribution in [-0.4, -0.2) is 40.0 Å². The lowest BCUT2D eigenvalue weighted by atomic mass is 10.0. The van der Waals surface area contributed by atoms with E-state index in [4.69, 9.17) is 9.47 Å². The second kappa shape index (κ2) is 9.74. The first-order valence-corrected chi connectivity index (χ1v) is 8.38. The average Bonchev–Trinajstić information content (AvgIpc) is 2.64. The zero-order valence-electron chi connectivity index (χ0n) is 14.8. The molecule has 0 bridgehead atoms. The molecule has 3 N–H and O–H groups in total. The molecular formula is C19H24N2O5. The standard InChI is InChI=1S/C19H24N2O5/c1-13(2)26-17-10-15(8-9-20-17)18(23)16(11-22)21-19(24)25-12-14-6-4-3-5-7-14/h3-10,13,16,18,22-23H,11-12H2,1-2H3,(H,21,24)/t16-,18?/m1/s1. The normalized spacial score (nSPS) is 13.1. The monoisotopic (exact) mass is 360 g/mol. The van der Waals surface area contributed by atoms with Crippen LogP contribution in [-0.2, 0) is 11.3 Å². The van der Waals surface area contributed by atoms with Gasteiger partial charge in [0.05, 0.1) is 18.8 Å². The van der Waals surface area contributed by atoms with Crippen LogP contribution < -0.4 is 10.1 Å². The topological polar surface area (TPSA) is 101 Å². The van der Waals surface area contributed by atoms with Gasteiger partial charge in [0.25, 0.3) is 0 Å². The molecule has 0 fully saturated rings. The van der Waals surface area contributed by atoms with Crippen LogP contribution in [0.4, 0.5) is 4.79 Å². The second-order valence-corrected chi connectivity index (χ2v) is 6.03. The van der Waals surface area contributed by atoms with E-state index in [1.807, 2.05) is 44.2 Å². The number of benzene rings is 1. The van der Waals surface area contributed by atoms with Gasteiger partial charge in [-0.1, -0.05) is 30.3 Å². The smallest absolute Gasteiger partial charge is 0.407 e. The average molecular weight is 360 g/mol. The maximum Gasteiger partial charge on any atom is 0.407 e. The molecule has 1 heterocycles. The van der Waals surface area contributed by atoms with Gasteiger partial charge in [-0.15, -0.1) is 0 Å². The van der Waals surface area contributed by atoms with Gasteiger partial charge in [-0.3, -0.25) is 0 Å². The third-order valence-corrected chi connectivity index (χ3v) is 3.55. The van der Waals surface area contributed by atoms with E-state index in [1.165, 1.54) is 6.20 Å². The Bertz CT molecular complexity index is 693. The zero-order chi connectivity index (χ0) is 18.9. The number of amides is 1. The number of rotatable bonds is 8. The molecule has 2 atom stereocenters. The number of hydrogen-bond acceptors (Lipinski definition) is 6. The molecule has 0 spiro atoms. The Labute approximate surface area is 152 Å². The lowest BCUT2D eigenvalue weighted by Gasteiger charge is -2.22. The van der Waals surface area contributed by atoms with Crippen LogP contribution >= 0.6 is 0 Å². The highest BCUT2D eigenvalue weighted by Crippen LogP contribution is 2.20. The Balaban J connectivity index is 1.95. The summed E-state index contributed by atoms with van der Waals surface area (Å²) in [4.78, 5) is 16.0. The molecule has 7 nitrogen and oxygen atoms in total. The molecule has 2 aromatic rings. The van der Waals surface area contributed by atoms with E-state index in [0.29, 0.717) is 11.4 Å². The van der Waals surface area contributed by atoms with Crippen molar-refractivity contribution < 1.29 is 24.5 Å². The van der Waals surface area contributed by atoms with Crippen molar-refractivity contribution in [3.05, 3.63) is 59.8 Å². The summed E-state index contributed by atoms with van der Waals surface area (Å²) in [5.74, 6) is 0.361. The van der Waals surface area contributed by atoms with Crippen LogP contribution in [0.1, 0.15) is 31.1 Å². The van der Waals surface area contributed by atoms with Crippen molar-refractivity contribution in [3.63, 3.8) is 0 Å². The molecule has 1 aromatic carbocycles. The Morgan fingerprint density at radius 2 is 1.96 bits per heavy atom. The van der Waals surface area contributed by atoms with E-state index in [2.05, 4.69) is 10.3 Å². The number of carbonyl (C=O) groups is 1. The lowest BCUT2D eigenvalue weighted by Crippen LogP contribution is -2.42. The van der Waals surface area contributed by atoms with Crippen LogP contribution in [0.3, 0.4) is 0 Å². The molecule has 26 heavy (non-hydrogen) atoms. The molecule has 0 aliphatic rings. The maximum atomic E-state index is 11.9. The predicted molar refractivity (Wildman–Crippen MR) is 95.6 cm³/mol. The summed E-state index contributed by atoms with van der Waals surface area (Å²) in [7, 11) is 0. The molecular weight excluding hydrogens is 336 g/mol. The molecule has 2 rings (SSSR count). The van der Waals surface area contributed by atoms with Gasteiger partial charge in [-0.2, -0.15) is 0 Å². The largest absolute Gasteiger partial charge is 0.475 e. The summed E-state index contributed by atoms with van der Waals surface area (Å²) in [6.45, 7) is 3.38. The van der Waals surface area contributed by atoms with Crippen molar-refractivity contribution >= 4 is 6.09 Å². The number of nitrogens with zero attached hydrogens (tertiary/aromatic N) is 1. The number of aliphatic hydroxyl groups excluding tert-OH is 2. The van der Waals surface area contributed by atoms with E-state index in [-0.39, 0.29) is 12.7 Å². The Kier molecular flexibility index (Phi) is 7.37. The van der Waals surface area contributed by atoms with Crippen molar-refractivity contribution in [1.29, 1.82) is 0 Å². The summed E-state index contributed by atoms with van der Waals surface area (Å²) in [6.07, 6.45) is -0.422. The Morgan fingerprint density at radius 3 is 2.62 bits per heavy atom. The van der Waals surface area contributed by atoms with Gasteiger partial charge in [0.15, 0.2) is 0 Å². The van der Waals surface area contributed by atoms with Crippen LogP contribution in [0.5, 0.6) is 5.88 Å². The summed E-state index contributed by atoms with van der Waals surface area (Å²) >= 11 is 0. The number of aromatic nitrogens is 1. The number of pyridine rings is 1. The quantitative estimate of drug-likeness (QED) is 0.667. The molecule has 0 radical (unpaired) electrons. The van der Waals surface area contributed by atoms with Crippen molar-refractivity contribution in [2.75, 3.05) is 6.61 Å². The molecule has 0 aliphatic carbocycles. The summed E-state index contributed by atoms with van der Waals surface area (Å²) in [5, 5.41) is 22.5. The van der Waals surface area contributed by atoms with E-state index in [1.54, 1.807) is 12.1 Å². The number of nitrogens with one attached hydrogen (secondary N) is 1. The van der Waals surface area contributed by atoms with Crippen LogP contribution in [0.15, 0.2) is 48.7 Å². The van der Waals surface area contributed by atoms with Gasteiger partial charge in [0.1, 0.15) is 12.7 Å². The van der Waals surface area contributed by atoms with Gasteiger partial charge in [0.2, 0.25) is 5.88 Å². The third-order valence-electron chi connectivity index (χ3n) is 3.55. The van der Waals surface area contributed by atoms with Crippen LogP contribution in [0.25, 0.3) is 0 Å². The van der Waals surface area contributed by atoms with Gasteiger partial charge in [-0.25, -0.2) is 9.78 Å². The molecule has 1 amide bonds. The highest BCUT2D eigenvalue weighted by atomic mass is 16.5. The minimum Gasteiger partial charge on any atom is -0.475 e. The maximum absolute atomic E-state index is 11.9.